The molecule has 0 aliphatic rings. The van der Waals surface area contributed by atoms with Gasteiger partial charge in [-0.25, -0.2) is 0 Å². The number of carboxylic acids is 1. The van der Waals surface area contributed by atoms with E-state index in [-0.39, 0.29) is 49.1 Å². The van der Waals surface area contributed by atoms with Crippen LogP contribution in [0.4, 0.5) is 0 Å². The molecule has 0 bridgehead atoms. The van der Waals surface area contributed by atoms with Gasteiger partial charge in [-0.2, -0.15) is 0 Å². The molecule has 0 fully saturated rings. The van der Waals surface area contributed by atoms with Gasteiger partial charge >= 0.3 is 11.9 Å². The van der Waals surface area contributed by atoms with Crippen LogP contribution in [-0.2, 0) is 28.6 Å². The van der Waals surface area contributed by atoms with Gasteiger partial charge in [0.25, 0.3) is 0 Å². The van der Waals surface area contributed by atoms with Crippen molar-refractivity contribution in [2.45, 2.75) is 174 Å². The minimum atomic E-state index is -1.14. The Kier molecular flexibility index (Phi) is 39.3. The van der Waals surface area contributed by atoms with Gasteiger partial charge < -0.3 is 28.6 Å². The summed E-state index contributed by atoms with van der Waals surface area (Å²) in [5.74, 6) is -1.81. The van der Waals surface area contributed by atoms with Gasteiger partial charge in [-0.1, -0.05) is 182 Å². The van der Waals surface area contributed by atoms with Gasteiger partial charge in [-0.3, -0.25) is 9.59 Å². The van der Waals surface area contributed by atoms with Gasteiger partial charge in [-0.15, -0.1) is 0 Å². The smallest absolute Gasteiger partial charge is 0.306 e. The Morgan fingerprint density at radius 2 is 0.933 bits per heavy atom. The Labute approximate surface area is 366 Å². The second-order valence-corrected chi connectivity index (χ2v) is 16.4. The third kappa shape index (κ3) is 39.7. The van der Waals surface area contributed by atoms with Crippen LogP contribution in [0.15, 0.2) is 97.2 Å². The molecule has 0 saturated carbocycles. The second kappa shape index (κ2) is 42.0. The average molecular weight is 836 g/mol. The number of unbranched alkanes of at least 4 members (excludes halogenated alkanes) is 16. The number of rotatable bonds is 40. The van der Waals surface area contributed by atoms with E-state index in [1.165, 1.54) is 70.6 Å². The molecule has 0 radical (unpaired) electrons. The molecule has 0 N–H and O–H groups in total. The fourth-order valence-electron chi connectivity index (χ4n) is 6.27. The summed E-state index contributed by atoms with van der Waals surface area (Å²) >= 11 is 0. The van der Waals surface area contributed by atoms with Crippen LogP contribution in [0.1, 0.15) is 162 Å². The molecule has 2 atom stereocenters. The van der Waals surface area contributed by atoms with E-state index in [0.29, 0.717) is 12.8 Å². The Bertz CT molecular complexity index is 1300. The molecule has 60 heavy (non-hydrogen) atoms. The molecule has 0 saturated heterocycles. The lowest BCUT2D eigenvalue weighted by Gasteiger charge is -2.34. The first-order chi connectivity index (χ1) is 29.1. The van der Waals surface area contributed by atoms with Gasteiger partial charge in [0.1, 0.15) is 12.6 Å². The summed E-state index contributed by atoms with van der Waals surface area (Å²) in [6.07, 6.45) is 55.7. The van der Waals surface area contributed by atoms with Crippen molar-refractivity contribution in [1.82, 2.24) is 0 Å². The number of esters is 2. The Morgan fingerprint density at radius 3 is 1.42 bits per heavy atom. The number of nitrogens with zero attached hydrogens (tertiary/aromatic N) is 1. The van der Waals surface area contributed by atoms with E-state index in [4.69, 9.17) is 14.2 Å². The van der Waals surface area contributed by atoms with Crippen LogP contribution in [0.3, 0.4) is 0 Å². The van der Waals surface area contributed by atoms with E-state index in [1.807, 2.05) is 60.8 Å². The van der Waals surface area contributed by atoms with E-state index < -0.39 is 18.1 Å². The summed E-state index contributed by atoms with van der Waals surface area (Å²) in [7, 11) is 5.38. The van der Waals surface area contributed by atoms with Crippen LogP contribution >= 0.6 is 0 Å². The van der Waals surface area contributed by atoms with Crippen LogP contribution in [-0.4, -0.2) is 75.5 Å². The van der Waals surface area contributed by atoms with E-state index in [9.17, 15) is 19.5 Å². The summed E-state index contributed by atoms with van der Waals surface area (Å²) < 4.78 is 17.1. The lowest BCUT2D eigenvalue weighted by atomic mass is 10.1. The van der Waals surface area contributed by atoms with Crippen molar-refractivity contribution in [3.8, 4) is 0 Å². The molecule has 340 valence electrons. The van der Waals surface area contributed by atoms with Crippen LogP contribution in [0.2, 0.25) is 0 Å². The number of likely N-dealkylation sites (N-methyl/N-ethyl adjacent to an activating group) is 1. The van der Waals surface area contributed by atoms with Gasteiger partial charge in [0.2, 0.25) is 0 Å². The van der Waals surface area contributed by atoms with Crippen molar-refractivity contribution in [3.63, 3.8) is 0 Å². The number of ether oxygens (including phenoxy) is 3. The Balaban J connectivity index is 4.41. The largest absolute Gasteiger partial charge is 0.544 e. The number of allylic oxidation sites excluding steroid dienone is 16. The van der Waals surface area contributed by atoms with Gasteiger partial charge in [0.15, 0.2) is 6.10 Å². The maximum absolute atomic E-state index is 12.7. The fraction of sp³-hybridized carbons (Fsp3) is 0.635. The number of quaternary nitrogens is 1. The zero-order chi connectivity index (χ0) is 44.2. The van der Waals surface area contributed by atoms with Gasteiger partial charge in [0, 0.05) is 19.3 Å². The van der Waals surface area contributed by atoms with Gasteiger partial charge in [-0.05, 0) is 57.8 Å². The SMILES string of the molecule is CC/C=C/C=C/C=C/C=C/C=C/C=C/CCCCCC(=O)OC(COCCC(C(=O)[O-])[N+](C)(C)C)COC(=O)CCCCCCCCCCCC/C=C/C=C/CCCCC. The highest BCUT2D eigenvalue weighted by Crippen LogP contribution is 2.14. The zero-order valence-corrected chi connectivity index (χ0v) is 38.6. The third-order valence-corrected chi connectivity index (χ3v) is 9.89. The average Bonchev–Trinajstić information content (AvgIpc) is 3.21. The number of carboxylic acid groups (broad SMARTS) is 1. The number of carbonyl (C=O) groups is 3. The molecule has 0 aromatic heterocycles. The molecule has 0 spiro atoms. The summed E-state index contributed by atoms with van der Waals surface area (Å²) in [6, 6.07) is -0.741. The van der Waals surface area contributed by atoms with E-state index in [0.717, 1.165) is 51.4 Å². The maximum Gasteiger partial charge on any atom is 0.306 e. The van der Waals surface area contributed by atoms with E-state index >= 15 is 0 Å². The molecule has 0 amide bonds. The molecular weight excluding hydrogens is 751 g/mol. The van der Waals surface area contributed by atoms with Crippen LogP contribution in [0.5, 0.6) is 0 Å². The van der Waals surface area contributed by atoms with Gasteiger partial charge in [0.05, 0.1) is 40.3 Å². The third-order valence-electron chi connectivity index (χ3n) is 9.89. The topological polar surface area (TPSA) is 102 Å². The monoisotopic (exact) mass is 836 g/mol. The summed E-state index contributed by atoms with van der Waals surface area (Å²) in [5.41, 5.74) is 0. The fourth-order valence-corrected chi connectivity index (χ4v) is 6.27. The summed E-state index contributed by atoms with van der Waals surface area (Å²) in [4.78, 5) is 36.9. The highest BCUT2D eigenvalue weighted by molar-refractivity contribution is 5.70. The molecular formula is C52H85NO7. The first kappa shape index (κ1) is 56.2. The lowest BCUT2D eigenvalue weighted by molar-refractivity contribution is -0.889. The number of aliphatic carboxylic acids is 1. The molecule has 2 unspecified atom stereocenters. The minimum Gasteiger partial charge on any atom is -0.544 e. The quantitative estimate of drug-likeness (QED) is 0.0262. The first-order valence-corrected chi connectivity index (χ1v) is 23.4. The van der Waals surface area contributed by atoms with Crippen molar-refractivity contribution in [1.29, 1.82) is 0 Å². The second-order valence-electron chi connectivity index (χ2n) is 16.4. The molecule has 0 aromatic carbocycles. The molecule has 0 aliphatic heterocycles. The van der Waals surface area contributed by atoms with Crippen molar-refractivity contribution in [2.24, 2.45) is 0 Å². The summed E-state index contributed by atoms with van der Waals surface area (Å²) in [6.45, 7) is 4.42. The molecule has 0 rings (SSSR count). The van der Waals surface area contributed by atoms with E-state index in [2.05, 4.69) is 50.3 Å². The highest BCUT2D eigenvalue weighted by atomic mass is 16.6. The predicted molar refractivity (Wildman–Crippen MR) is 249 cm³/mol. The van der Waals surface area contributed by atoms with Crippen molar-refractivity contribution in [3.05, 3.63) is 97.2 Å². The summed E-state index contributed by atoms with van der Waals surface area (Å²) in [5, 5.41) is 11.6. The molecule has 0 aromatic rings. The minimum absolute atomic E-state index is 0.0152. The number of carbonyl (C=O) groups excluding carboxylic acids is 3. The van der Waals surface area contributed by atoms with Crippen LogP contribution in [0, 0.1) is 0 Å². The van der Waals surface area contributed by atoms with Crippen molar-refractivity contribution >= 4 is 17.9 Å². The zero-order valence-electron chi connectivity index (χ0n) is 38.6. The Morgan fingerprint density at radius 1 is 0.517 bits per heavy atom. The van der Waals surface area contributed by atoms with Crippen molar-refractivity contribution < 1.29 is 38.2 Å². The number of hydrogen-bond acceptors (Lipinski definition) is 7. The van der Waals surface area contributed by atoms with E-state index in [1.54, 1.807) is 21.1 Å². The maximum atomic E-state index is 12.7. The molecule has 8 nitrogen and oxygen atoms in total. The van der Waals surface area contributed by atoms with Crippen LogP contribution < -0.4 is 5.11 Å². The normalized spacial score (nSPS) is 13.8. The van der Waals surface area contributed by atoms with Crippen molar-refractivity contribution in [2.75, 3.05) is 41.0 Å². The molecule has 0 heterocycles. The van der Waals surface area contributed by atoms with Crippen LogP contribution in [0.25, 0.3) is 0 Å². The standard InChI is InChI=1S/C52H85NO7/c1-6-8-10-12-14-16-18-20-22-24-25-27-28-30-32-34-36-38-40-42-50(54)59-47-48(46-58-45-44-49(52(56)57)53(3,4)5)60-51(55)43-41-39-37-35-33-31-29-26-23-21-19-17-15-13-11-9-7-2/h9,11,13-21,23,26,29,31,33,48-49H,6-8,10,12,22,24-25,27-28,30,32,34-47H2,1-5H3/b11-9+,15-13+,16-14+,19-17+,20-18+,23-21+,29-26+,33-31+. The first-order valence-electron chi connectivity index (χ1n) is 23.4. The Hall–Kier alpha value is -3.75. The predicted octanol–water partition coefficient (Wildman–Crippen LogP) is 11.7. The highest BCUT2D eigenvalue weighted by Gasteiger charge is 2.25. The molecule has 8 heteroatoms. The lowest BCUT2D eigenvalue weighted by Crippen LogP contribution is -2.55. The number of hydrogen-bond donors (Lipinski definition) is 0. The molecule has 0 aliphatic carbocycles.